The lowest BCUT2D eigenvalue weighted by atomic mass is 9.88. The lowest BCUT2D eigenvalue weighted by molar-refractivity contribution is 0.0285. The molecule has 0 radical (unpaired) electrons. The normalized spacial score (nSPS) is 12.0. The summed E-state index contributed by atoms with van der Waals surface area (Å²) in [7, 11) is 0. The highest BCUT2D eigenvalue weighted by Crippen LogP contribution is 2.38. The van der Waals surface area contributed by atoms with Crippen LogP contribution in [0.3, 0.4) is 0 Å². The number of aliphatic hydroxyl groups is 1. The predicted molar refractivity (Wildman–Crippen MR) is 112 cm³/mol. The van der Waals surface area contributed by atoms with Gasteiger partial charge < -0.3 is 10.1 Å². The van der Waals surface area contributed by atoms with Crippen LogP contribution in [0.4, 0.5) is 8.78 Å². The van der Waals surface area contributed by atoms with Crippen LogP contribution in [-0.4, -0.2) is 20.3 Å². The van der Waals surface area contributed by atoms with E-state index in [0.29, 0.717) is 28.8 Å². The summed E-state index contributed by atoms with van der Waals surface area (Å²) in [4.78, 5) is 3.35. The second-order valence-corrected chi connectivity index (χ2v) is 7.57. The van der Waals surface area contributed by atoms with Crippen molar-refractivity contribution in [3.05, 3.63) is 40.8 Å². The third-order valence-electron chi connectivity index (χ3n) is 5.05. The average Bonchev–Trinajstić information content (AvgIpc) is 3.41. The number of fused-ring (bicyclic) bond motifs is 2. The molecule has 0 amide bonds. The molecule has 0 atom stereocenters. The fourth-order valence-corrected chi connectivity index (χ4v) is 4.30. The third-order valence-corrected chi connectivity index (χ3v) is 6.20. The number of hydrogen-bond donors (Lipinski definition) is 3. The van der Waals surface area contributed by atoms with Gasteiger partial charge in [0.05, 0.1) is 26.4 Å². The molecule has 3 aromatic heterocycles. The second-order valence-electron chi connectivity index (χ2n) is 6.49. The van der Waals surface area contributed by atoms with Gasteiger partial charge in [0.1, 0.15) is 5.69 Å². The maximum Gasteiger partial charge on any atom is 0.272 e. The molecule has 1 aromatic carbocycles. The summed E-state index contributed by atoms with van der Waals surface area (Å²) < 4.78 is 26.6. The van der Waals surface area contributed by atoms with E-state index in [1.54, 1.807) is 0 Å². The van der Waals surface area contributed by atoms with Crippen molar-refractivity contribution in [3.8, 4) is 11.4 Å². The van der Waals surface area contributed by atoms with Gasteiger partial charge in [0.15, 0.2) is 0 Å². The summed E-state index contributed by atoms with van der Waals surface area (Å²) in [6.45, 7) is 7.93. The monoisotopic (exact) mass is 405 g/mol. The first kappa shape index (κ1) is 20.5. The van der Waals surface area contributed by atoms with Crippen molar-refractivity contribution in [3.63, 3.8) is 0 Å². The van der Waals surface area contributed by atoms with Gasteiger partial charge in [-0.2, -0.15) is 5.10 Å². The van der Waals surface area contributed by atoms with E-state index in [1.165, 1.54) is 6.07 Å². The number of nitrogens with zero attached hydrogens (tertiary/aromatic N) is 1. The van der Waals surface area contributed by atoms with Crippen LogP contribution in [0.25, 0.3) is 32.5 Å². The Morgan fingerprint density at radius 1 is 1.11 bits per heavy atom. The zero-order valence-electron chi connectivity index (χ0n) is 16.4. The Bertz CT molecular complexity index is 1080. The molecule has 4 aromatic rings. The van der Waals surface area contributed by atoms with Crippen molar-refractivity contribution in [2.45, 2.75) is 52.6 Å². The minimum Gasteiger partial charge on any atom is -0.385 e. The number of thiophene rings is 1. The number of rotatable bonds is 5. The van der Waals surface area contributed by atoms with Crippen LogP contribution in [0.15, 0.2) is 30.3 Å². The predicted octanol–water partition coefficient (Wildman–Crippen LogP) is 6.74. The largest absolute Gasteiger partial charge is 0.385 e. The fourth-order valence-electron chi connectivity index (χ4n) is 3.33. The van der Waals surface area contributed by atoms with E-state index in [4.69, 9.17) is 0 Å². The molecule has 150 valence electrons. The minimum atomic E-state index is -2.49. The van der Waals surface area contributed by atoms with Crippen LogP contribution in [0.1, 0.15) is 57.4 Å². The van der Waals surface area contributed by atoms with Gasteiger partial charge >= 0.3 is 0 Å². The standard InChI is InChI=1S/C19H19F2N3OS.C2H6/c1-3-19(25,4-2)11-6-5-10-7-13(22-12(10)8-11)16-17-14(23-24-16)9-15(26-17)18(20)21;1-2/h5-9,18,22,25H,3-4H2,1-2H3,(H,23,24);1-2H3. The molecule has 0 bridgehead atoms. The van der Waals surface area contributed by atoms with E-state index in [0.717, 1.165) is 33.5 Å². The third kappa shape index (κ3) is 3.44. The van der Waals surface area contributed by atoms with E-state index in [9.17, 15) is 13.9 Å². The molecule has 28 heavy (non-hydrogen) atoms. The molecular weight excluding hydrogens is 380 g/mol. The number of H-pyrrole nitrogens is 2. The van der Waals surface area contributed by atoms with Gasteiger partial charge in [0, 0.05) is 10.9 Å². The van der Waals surface area contributed by atoms with E-state index in [-0.39, 0.29) is 4.88 Å². The van der Waals surface area contributed by atoms with Crippen molar-refractivity contribution < 1.29 is 13.9 Å². The van der Waals surface area contributed by atoms with Gasteiger partial charge in [-0.05, 0) is 36.6 Å². The molecule has 0 aliphatic heterocycles. The molecule has 0 saturated heterocycles. The second kappa shape index (κ2) is 8.01. The van der Waals surface area contributed by atoms with Gasteiger partial charge in [-0.15, -0.1) is 11.3 Å². The Hall–Kier alpha value is -2.25. The van der Waals surface area contributed by atoms with Crippen LogP contribution in [0, 0.1) is 0 Å². The molecule has 4 nitrogen and oxygen atoms in total. The Balaban J connectivity index is 0.00000109. The van der Waals surface area contributed by atoms with Crippen molar-refractivity contribution in [1.29, 1.82) is 0 Å². The molecule has 0 fully saturated rings. The number of aromatic amines is 2. The van der Waals surface area contributed by atoms with Crippen molar-refractivity contribution in [2.75, 3.05) is 0 Å². The van der Waals surface area contributed by atoms with E-state index in [1.807, 2.05) is 52.0 Å². The molecular formula is C21H25F2N3OS. The summed E-state index contributed by atoms with van der Waals surface area (Å²) in [5.74, 6) is 0. The number of nitrogens with one attached hydrogen (secondary N) is 2. The Kier molecular flexibility index (Phi) is 5.86. The molecule has 4 rings (SSSR count). The fraction of sp³-hybridized carbons (Fsp3) is 0.381. The number of aromatic nitrogens is 3. The number of alkyl halides is 2. The molecule has 3 N–H and O–H groups in total. The van der Waals surface area contributed by atoms with Crippen LogP contribution >= 0.6 is 11.3 Å². The first-order valence-electron chi connectivity index (χ1n) is 9.57. The minimum absolute atomic E-state index is 0.0317. The zero-order valence-corrected chi connectivity index (χ0v) is 17.3. The molecule has 0 aliphatic carbocycles. The smallest absolute Gasteiger partial charge is 0.272 e. The molecule has 0 aliphatic rings. The SMILES string of the molecule is CC.CCC(O)(CC)c1ccc2cc(-c3n[nH]c4cc(C(F)F)sc34)[nH]c2c1. The Morgan fingerprint density at radius 2 is 1.82 bits per heavy atom. The van der Waals surface area contributed by atoms with Crippen LogP contribution in [0.5, 0.6) is 0 Å². The van der Waals surface area contributed by atoms with E-state index < -0.39 is 12.0 Å². The van der Waals surface area contributed by atoms with E-state index >= 15 is 0 Å². The van der Waals surface area contributed by atoms with Gasteiger partial charge in [0.2, 0.25) is 0 Å². The molecule has 0 saturated carbocycles. The van der Waals surface area contributed by atoms with Gasteiger partial charge in [-0.25, -0.2) is 8.78 Å². The summed E-state index contributed by atoms with van der Waals surface area (Å²) in [6.07, 6.45) is -1.22. The van der Waals surface area contributed by atoms with E-state index in [2.05, 4.69) is 15.2 Å². The summed E-state index contributed by atoms with van der Waals surface area (Å²) in [5.41, 5.74) is 2.93. The lowest BCUT2D eigenvalue weighted by Crippen LogP contribution is -2.23. The van der Waals surface area contributed by atoms with Gasteiger partial charge in [-0.3, -0.25) is 5.10 Å². The summed E-state index contributed by atoms with van der Waals surface area (Å²) >= 11 is 1.05. The number of benzene rings is 1. The maximum atomic E-state index is 13.0. The summed E-state index contributed by atoms with van der Waals surface area (Å²) in [6, 6.07) is 9.25. The average molecular weight is 406 g/mol. The zero-order chi connectivity index (χ0) is 20.5. The van der Waals surface area contributed by atoms with Gasteiger partial charge in [0.25, 0.3) is 6.43 Å². The molecule has 7 heteroatoms. The van der Waals surface area contributed by atoms with Crippen LogP contribution in [-0.2, 0) is 5.60 Å². The highest BCUT2D eigenvalue weighted by molar-refractivity contribution is 7.19. The van der Waals surface area contributed by atoms with Crippen molar-refractivity contribution >= 4 is 32.5 Å². The van der Waals surface area contributed by atoms with Crippen LogP contribution < -0.4 is 0 Å². The maximum absolute atomic E-state index is 13.0. The first-order valence-corrected chi connectivity index (χ1v) is 10.4. The topological polar surface area (TPSA) is 64.7 Å². The highest BCUT2D eigenvalue weighted by atomic mass is 32.1. The van der Waals surface area contributed by atoms with Crippen molar-refractivity contribution in [1.82, 2.24) is 15.2 Å². The van der Waals surface area contributed by atoms with Crippen molar-refractivity contribution in [2.24, 2.45) is 0 Å². The molecule has 3 heterocycles. The highest BCUT2D eigenvalue weighted by Gasteiger charge is 2.25. The summed E-state index contributed by atoms with van der Waals surface area (Å²) in [5, 5.41) is 18.8. The Morgan fingerprint density at radius 3 is 2.46 bits per heavy atom. The quantitative estimate of drug-likeness (QED) is 0.344. The number of hydrogen-bond acceptors (Lipinski definition) is 3. The lowest BCUT2D eigenvalue weighted by Gasteiger charge is -2.25. The molecule has 0 spiro atoms. The molecule has 0 unspecified atom stereocenters. The Labute approximate surface area is 166 Å². The number of halogens is 2. The first-order chi connectivity index (χ1) is 13.4. The van der Waals surface area contributed by atoms with Gasteiger partial charge in [-0.1, -0.05) is 39.8 Å². The van der Waals surface area contributed by atoms with Crippen LogP contribution in [0.2, 0.25) is 0 Å².